The first-order chi connectivity index (χ1) is 15.4. The number of urea groups is 1. The molecule has 0 spiro atoms. The number of nitrogens with one attached hydrogen (secondary N) is 1. The van der Waals surface area contributed by atoms with Gasteiger partial charge in [-0.1, -0.05) is 56.3 Å². The maximum atomic E-state index is 12.6. The molecule has 1 aromatic heterocycles. The number of nitrogens with zero attached hydrogens (tertiary/aromatic N) is 3. The van der Waals surface area contributed by atoms with Crippen LogP contribution in [-0.2, 0) is 6.54 Å². The van der Waals surface area contributed by atoms with E-state index in [0.29, 0.717) is 59.0 Å². The van der Waals surface area contributed by atoms with Crippen molar-refractivity contribution in [2.75, 3.05) is 25.4 Å². The maximum absolute atomic E-state index is 12.6. The molecule has 3 N–H and O–H groups in total. The van der Waals surface area contributed by atoms with Crippen molar-refractivity contribution in [3.05, 3.63) is 33.9 Å². The number of anilines is 1. The van der Waals surface area contributed by atoms with Gasteiger partial charge >= 0.3 is 6.03 Å². The van der Waals surface area contributed by atoms with E-state index in [9.17, 15) is 4.79 Å². The van der Waals surface area contributed by atoms with Crippen molar-refractivity contribution >= 4 is 35.2 Å². The minimum absolute atomic E-state index is 0.0981. The van der Waals surface area contributed by atoms with Crippen molar-refractivity contribution < 1.29 is 9.53 Å². The Balaban J connectivity index is 2.23. The van der Waals surface area contributed by atoms with E-state index in [1.807, 2.05) is 13.8 Å². The zero-order valence-electron chi connectivity index (χ0n) is 19.1. The highest BCUT2D eigenvalue weighted by Gasteiger charge is 2.18. The van der Waals surface area contributed by atoms with Gasteiger partial charge in [0.1, 0.15) is 5.75 Å². The van der Waals surface area contributed by atoms with Gasteiger partial charge in [0.2, 0.25) is 5.95 Å². The fourth-order valence-electron chi connectivity index (χ4n) is 3.23. The third kappa shape index (κ3) is 7.71. The molecule has 0 radical (unpaired) electrons. The Morgan fingerprint density at radius 1 is 1.09 bits per heavy atom. The van der Waals surface area contributed by atoms with Crippen LogP contribution in [0.15, 0.2) is 18.2 Å². The number of carbonyl (C=O) groups excluding carboxylic acids is 1. The summed E-state index contributed by atoms with van der Waals surface area (Å²) in [5.41, 5.74) is 7.73. The Morgan fingerprint density at radius 2 is 1.88 bits per heavy atom. The quantitative estimate of drug-likeness (QED) is 0.366. The predicted molar refractivity (Wildman–Crippen MR) is 131 cm³/mol. The van der Waals surface area contributed by atoms with Crippen LogP contribution >= 0.6 is 23.2 Å². The summed E-state index contributed by atoms with van der Waals surface area (Å²) in [5.74, 6) is 0.631. The van der Waals surface area contributed by atoms with Crippen LogP contribution in [0.4, 0.5) is 10.7 Å². The molecule has 0 unspecified atom stereocenters. The molecule has 0 aliphatic carbocycles. The molecule has 0 saturated heterocycles. The molecular formula is C23H33Cl2N5O2. The highest BCUT2D eigenvalue weighted by Crippen LogP contribution is 2.39. The van der Waals surface area contributed by atoms with E-state index in [1.165, 1.54) is 6.42 Å². The second-order valence-electron chi connectivity index (χ2n) is 7.52. The van der Waals surface area contributed by atoms with Crippen molar-refractivity contribution in [2.24, 2.45) is 0 Å². The summed E-state index contributed by atoms with van der Waals surface area (Å²) in [7, 11) is 0. The summed E-state index contributed by atoms with van der Waals surface area (Å²) in [6.45, 7) is 8.11. The summed E-state index contributed by atoms with van der Waals surface area (Å²) in [4.78, 5) is 23.0. The number of benzene rings is 1. The Hall–Kier alpha value is -2.25. The molecule has 7 nitrogen and oxygen atoms in total. The van der Waals surface area contributed by atoms with E-state index in [4.69, 9.17) is 33.7 Å². The maximum Gasteiger partial charge on any atom is 0.317 e. The number of carbonyl (C=O) groups is 1. The number of rotatable bonds is 12. The second-order valence-corrected chi connectivity index (χ2v) is 8.36. The molecule has 0 aliphatic heterocycles. The van der Waals surface area contributed by atoms with Gasteiger partial charge in [0.25, 0.3) is 0 Å². The Kier molecular flexibility index (Phi) is 10.8. The van der Waals surface area contributed by atoms with E-state index < -0.39 is 0 Å². The third-order valence-corrected chi connectivity index (χ3v) is 5.38. The van der Waals surface area contributed by atoms with Crippen LogP contribution in [0.5, 0.6) is 5.75 Å². The number of nitrogens with two attached hydrogens (primary N) is 1. The molecule has 32 heavy (non-hydrogen) atoms. The Bertz CT molecular complexity index is 895. The van der Waals surface area contributed by atoms with Gasteiger partial charge in [0.05, 0.1) is 35.1 Å². The zero-order valence-corrected chi connectivity index (χ0v) is 20.6. The van der Waals surface area contributed by atoms with Gasteiger partial charge in [-0.2, -0.15) is 0 Å². The fraction of sp³-hybridized carbons (Fsp3) is 0.522. The molecule has 0 aliphatic rings. The number of unbranched alkanes of at least 4 members (excludes halogenated alkanes) is 3. The lowest BCUT2D eigenvalue weighted by molar-refractivity contribution is 0.197. The Labute approximate surface area is 200 Å². The molecule has 9 heteroatoms. The van der Waals surface area contributed by atoms with Gasteiger partial charge in [-0.3, -0.25) is 0 Å². The van der Waals surface area contributed by atoms with Gasteiger partial charge in [-0.25, -0.2) is 14.8 Å². The van der Waals surface area contributed by atoms with Crippen LogP contribution in [0.3, 0.4) is 0 Å². The molecular weight excluding hydrogens is 449 g/mol. The fourth-order valence-corrected chi connectivity index (χ4v) is 3.80. The summed E-state index contributed by atoms with van der Waals surface area (Å²) < 4.78 is 5.85. The highest BCUT2D eigenvalue weighted by atomic mass is 35.5. The van der Waals surface area contributed by atoms with E-state index >= 15 is 0 Å². The lowest BCUT2D eigenvalue weighted by atomic mass is 10.1. The molecule has 0 saturated carbocycles. The molecule has 1 aromatic carbocycles. The van der Waals surface area contributed by atoms with Crippen LogP contribution in [0, 0.1) is 0 Å². The summed E-state index contributed by atoms with van der Waals surface area (Å²) in [6.07, 6.45) is 5.25. The van der Waals surface area contributed by atoms with Crippen molar-refractivity contribution in [2.45, 2.75) is 59.4 Å². The molecule has 0 atom stereocenters. The summed E-state index contributed by atoms with van der Waals surface area (Å²) in [6, 6.07) is 5.00. The number of amides is 2. The lowest BCUT2D eigenvalue weighted by Crippen LogP contribution is -2.40. The van der Waals surface area contributed by atoms with Gasteiger partial charge in [-0.15, -0.1) is 0 Å². The number of hydrogen-bond acceptors (Lipinski definition) is 5. The molecule has 176 valence electrons. The molecule has 0 fully saturated rings. The number of hydrogen-bond donors (Lipinski definition) is 2. The average molecular weight is 482 g/mol. The lowest BCUT2D eigenvalue weighted by Gasteiger charge is -2.21. The number of halogens is 2. The first-order valence-corrected chi connectivity index (χ1v) is 11.9. The van der Waals surface area contributed by atoms with Gasteiger partial charge in [0, 0.05) is 18.1 Å². The first-order valence-electron chi connectivity index (χ1n) is 11.2. The van der Waals surface area contributed by atoms with Crippen molar-refractivity contribution in [1.82, 2.24) is 20.2 Å². The third-order valence-electron chi connectivity index (χ3n) is 4.86. The van der Waals surface area contributed by atoms with Gasteiger partial charge in [0.15, 0.2) is 0 Å². The van der Waals surface area contributed by atoms with Crippen LogP contribution in [0.2, 0.25) is 10.0 Å². The standard InChI is InChI=1S/C23H33Cl2N5O2/c1-4-7-8-9-10-27-23(31)30(6-3)15-17-14-19(29-22(26)28-17)21-18(25)12-16(24)13-20(21)32-11-5-2/h12-14H,4-11,15H2,1-3H3,(H,27,31)(H2,26,28,29). The van der Waals surface area contributed by atoms with E-state index in [0.717, 1.165) is 25.7 Å². The van der Waals surface area contributed by atoms with Gasteiger partial charge in [-0.05, 0) is 38.0 Å². The van der Waals surface area contributed by atoms with E-state index in [-0.39, 0.29) is 12.0 Å². The van der Waals surface area contributed by atoms with Crippen LogP contribution in [-0.4, -0.2) is 40.6 Å². The van der Waals surface area contributed by atoms with Crippen LogP contribution in [0.25, 0.3) is 11.3 Å². The normalized spacial score (nSPS) is 10.8. The number of ether oxygens (including phenoxy) is 1. The summed E-state index contributed by atoms with van der Waals surface area (Å²) in [5, 5.41) is 3.86. The monoisotopic (exact) mass is 481 g/mol. The zero-order chi connectivity index (χ0) is 23.5. The molecule has 2 amide bonds. The van der Waals surface area contributed by atoms with Gasteiger partial charge < -0.3 is 20.7 Å². The van der Waals surface area contributed by atoms with Crippen molar-refractivity contribution in [1.29, 1.82) is 0 Å². The Morgan fingerprint density at radius 3 is 2.56 bits per heavy atom. The molecule has 2 rings (SSSR count). The van der Waals surface area contributed by atoms with Crippen LogP contribution < -0.4 is 15.8 Å². The predicted octanol–water partition coefficient (Wildman–Crippen LogP) is 5.93. The summed E-state index contributed by atoms with van der Waals surface area (Å²) >= 11 is 12.7. The topological polar surface area (TPSA) is 93.4 Å². The minimum Gasteiger partial charge on any atom is -0.493 e. The largest absolute Gasteiger partial charge is 0.493 e. The van der Waals surface area contributed by atoms with Crippen molar-refractivity contribution in [3.63, 3.8) is 0 Å². The van der Waals surface area contributed by atoms with Crippen molar-refractivity contribution in [3.8, 4) is 17.0 Å². The molecule has 2 aromatic rings. The van der Waals surface area contributed by atoms with E-state index in [1.54, 1.807) is 23.1 Å². The number of aromatic nitrogens is 2. The highest BCUT2D eigenvalue weighted by molar-refractivity contribution is 6.36. The molecule has 0 bridgehead atoms. The minimum atomic E-state index is -0.126. The number of nitrogen functional groups attached to an aromatic ring is 1. The van der Waals surface area contributed by atoms with Crippen LogP contribution in [0.1, 0.15) is 58.6 Å². The first kappa shape index (κ1) is 26.0. The second kappa shape index (κ2) is 13.3. The SMILES string of the molecule is CCCCCCNC(=O)N(CC)Cc1cc(-c2c(Cl)cc(Cl)cc2OCCC)nc(N)n1. The average Bonchev–Trinajstić information content (AvgIpc) is 2.74. The van der Waals surface area contributed by atoms with E-state index in [2.05, 4.69) is 22.2 Å². The molecule has 1 heterocycles. The smallest absolute Gasteiger partial charge is 0.317 e.